The van der Waals surface area contributed by atoms with Gasteiger partial charge in [0.05, 0.1) is 26.9 Å². The molecular weight excluding hydrogens is 334 g/mol. The molecule has 0 amide bonds. The van der Waals surface area contributed by atoms with Crippen LogP contribution in [0.3, 0.4) is 0 Å². The maximum Gasteiger partial charge on any atom is 0.324 e. The molecule has 0 radical (unpaired) electrons. The lowest BCUT2D eigenvalue weighted by atomic mass is 9.97. The van der Waals surface area contributed by atoms with Crippen LogP contribution in [0, 0.1) is 0 Å². The second-order valence-electron chi connectivity index (χ2n) is 6.17. The van der Waals surface area contributed by atoms with Crippen molar-refractivity contribution in [2.45, 2.75) is 24.6 Å². The topological polar surface area (TPSA) is 77.0 Å². The summed E-state index contributed by atoms with van der Waals surface area (Å²) in [4.78, 5) is 12.5. The minimum absolute atomic E-state index is 0.130. The lowest BCUT2D eigenvalue weighted by Crippen LogP contribution is -2.55. The Morgan fingerprint density at radius 2 is 1.81 bits per heavy atom. The quantitative estimate of drug-likeness (QED) is 0.769. The maximum atomic E-state index is 12.5. The molecule has 2 N–H and O–H groups in total. The van der Waals surface area contributed by atoms with Gasteiger partial charge in [0.1, 0.15) is 12.1 Å². The van der Waals surface area contributed by atoms with Gasteiger partial charge in [-0.15, -0.1) is 0 Å². The van der Waals surface area contributed by atoms with E-state index in [4.69, 9.17) is 14.2 Å². The Hall–Kier alpha value is -2.57. The number of hydrogen-bond acceptors (Lipinski definition) is 6. The van der Waals surface area contributed by atoms with Crippen LogP contribution in [-0.4, -0.2) is 44.0 Å². The van der Waals surface area contributed by atoms with Gasteiger partial charge in [0.2, 0.25) is 0 Å². The Balaban J connectivity index is 1.75. The molecule has 1 fully saturated rings. The largest absolute Gasteiger partial charge is 0.493 e. The summed E-state index contributed by atoms with van der Waals surface area (Å²) in [5.74, 6) is 0.904. The lowest BCUT2D eigenvalue weighted by Gasteiger charge is -2.36. The molecule has 3 rings (SSSR count). The number of carbonyl (C=O) groups excluding carboxylic acids is 1. The molecule has 26 heavy (non-hydrogen) atoms. The molecule has 6 nitrogen and oxygen atoms in total. The number of hydrogen-bond donors (Lipinski definition) is 2. The zero-order valence-electron chi connectivity index (χ0n) is 14.8. The van der Waals surface area contributed by atoms with Crippen LogP contribution < -0.4 is 14.8 Å². The van der Waals surface area contributed by atoms with E-state index in [1.807, 2.05) is 42.5 Å². The van der Waals surface area contributed by atoms with Crippen molar-refractivity contribution < 1.29 is 24.1 Å². The normalized spacial score (nSPS) is 22.6. The van der Waals surface area contributed by atoms with E-state index in [-0.39, 0.29) is 18.6 Å². The molecule has 0 spiro atoms. The van der Waals surface area contributed by atoms with Crippen LogP contribution in [0.15, 0.2) is 48.5 Å². The second kappa shape index (κ2) is 8.21. The third-order valence-electron chi connectivity index (χ3n) is 4.52. The fraction of sp³-hybridized carbons (Fsp3) is 0.350. The molecule has 2 aromatic rings. The molecule has 1 saturated heterocycles. The van der Waals surface area contributed by atoms with Gasteiger partial charge in [-0.3, -0.25) is 10.1 Å². The number of cyclic esters (lactones) is 1. The van der Waals surface area contributed by atoms with Gasteiger partial charge in [-0.25, -0.2) is 0 Å². The predicted octanol–water partition coefficient (Wildman–Crippen LogP) is 1.86. The Kier molecular flexibility index (Phi) is 5.75. The molecule has 1 heterocycles. The molecule has 0 saturated carbocycles. The van der Waals surface area contributed by atoms with Crippen molar-refractivity contribution in [3.8, 4) is 11.5 Å². The van der Waals surface area contributed by atoms with Gasteiger partial charge in [-0.2, -0.15) is 0 Å². The van der Waals surface area contributed by atoms with Gasteiger partial charge in [0, 0.05) is 0 Å². The molecule has 0 aliphatic carbocycles. The molecule has 0 unspecified atom stereocenters. The third-order valence-corrected chi connectivity index (χ3v) is 4.52. The highest BCUT2D eigenvalue weighted by Gasteiger charge is 2.37. The summed E-state index contributed by atoms with van der Waals surface area (Å²) in [7, 11) is 3.15. The minimum atomic E-state index is -0.537. The fourth-order valence-electron chi connectivity index (χ4n) is 3.18. The SMILES string of the molecule is COc1ccc(C[C@@H]2N[C@@H](CO)[C@H](c3ccccc3)OC2=O)cc1OC. The summed E-state index contributed by atoms with van der Waals surface area (Å²) >= 11 is 0. The molecule has 1 aliphatic heterocycles. The first kappa shape index (κ1) is 18.2. The Bertz CT molecular complexity index is 749. The minimum Gasteiger partial charge on any atom is -0.493 e. The molecular formula is C20H23NO5. The van der Waals surface area contributed by atoms with E-state index in [2.05, 4.69) is 5.32 Å². The van der Waals surface area contributed by atoms with Crippen LogP contribution in [0.2, 0.25) is 0 Å². The first-order valence-electron chi connectivity index (χ1n) is 8.49. The number of morpholine rings is 1. The number of carbonyl (C=O) groups is 1. The highest BCUT2D eigenvalue weighted by molar-refractivity contribution is 5.77. The highest BCUT2D eigenvalue weighted by Crippen LogP contribution is 2.30. The zero-order valence-corrected chi connectivity index (χ0v) is 14.8. The summed E-state index contributed by atoms with van der Waals surface area (Å²) in [6.07, 6.45) is -0.0765. The number of ether oxygens (including phenoxy) is 3. The number of aliphatic hydroxyl groups excluding tert-OH is 1. The van der Waals surface area contributed by atoms with E-state index < -0.39 is 12.1 Å². The number of rotatable bonds is 6. The van der Waals surface area contributed by atoms with E-state index in [1.165, 1.54) is 0 Å². The average Bonchev–Trinajstić information content (AvgIpc) is 2.69. The van der Waals surface area contributed by atoms with Gasteiger partial charge in [0.25, 0.3) is 0 Å². The number of nitrogens with one attached hydrogen (secondary N) is 1. The Morgan fingerprint density at radius 1 is 1.08 bits per heavy atom. The van der Waals surface area contributed by atoms with E-state index in [1.54, 1.807) is 20.3 Å². The molecule has 0 bridgehead atoms. The summed E-state index contributed by atoms with van der Waals surface area (Å²) in [6.45, 7) is -0.130. The van der Waals surface area contributed by atoms with Crippen molar-refractivity contribution >= 4 is 5.97 Å². The van der Waals surface area contributed by atoms with Crippen LogP contribution in [0.25, 0.3) is 0 Å². The second-order valence-corrected chi connectivity index (χ2v) is 6.17. The summed E-state index contributed by atoms with van der Waals surface area (Å²) in [6, 6.07) is 14.1. The van der Waals surface area contributed by atoms with E-state index >= 15 is 0 Å². The standard InChI is InChI=1S/C20H23NO5/c1-24-17-9-8-13(11-18(17)25-2)10-15-20(23)26-19(16(12-22)21-15)14-6-4-3-5-7-14/h3-9,11,15-16,19,21-22H,10,12H2,1-2H3/t15-,16-,19-/m0/s1. The summed E-state index contributed by atoms with van der Waals surface area (Å²) < 4.78 is 16.2. The third kappa shape index (κ3) is 3.81. The van der Waals surface area contributed by atoms with E-state index in [0.29, 0.717) is 17.9 Å². The highest BCUT2D eigenvalue weighted by atomic mass is 16.6. The van der Waals surface area contributed by atoms with Crippen LogP contribution in [-0.2, 0) is 16.0 Å². The van der Waals surface area contributed by atoms with Crippen LogP contribution in [0.1, 0.15) is 17.2 Å². The Morgan fingerprint density at radius 3 is 2.46 bits per heavy atom. The predicted molar refractivity (Wildman–Crippen MR) is 96.3 cm³/mol. The molecule has 138 valence electrons. The number of methoxy groups -OCH3 is 2. The van der Waals surface area contributed by atoms with Crippen molar-refractivity contribution in [1.29, 1.82) is 0 Å². The zero-order chi connectivity index (χ0) is 18.5. The molecule has 3 atom stereocenters. The van der Waals surface area contributed by atoms with Crippen LogP contribution >= 0.6 is 0 Å². The molecule has 0 aromatic heterocycles. The van der Waals surface area contributed by atoms with Crippen LogP contribution in [0.5, 0.6) is 11.5 Å². The van der Waals surface area contributed by atoms with Crippen molar-refractivity contribution in [3.63, 3.8) is 0 Å². The summed E-state index contributed by atoms with van der Waals surface area (Å²) in [5.41, 5.74) is 1.77. The average molecular weight is 357 g/mol. The van der Waals surface area contributed by atoms with Gasteiger partial charge in [-0.05, 0) is 29.7 Å². The number of esters is 1. The molecule has 1 aliphatic rings. The monoisotopic (exact) mass is 357 g/mol. The molecule has 2 aromatic carbocycles. The van der Waals surface area contributed by atoms with E-state index in [9.17, 15) is 9.90 Å². The summed E-state index contributed by atoms with van der Waals surface area (Å²) in [5, 5.41) is 13.0. The van der Waals surface area contributed by atoms with Crippen molar-refractivity contribution in [2.24, 2.45) is 0 Å². The van der Waals surface area contributed by atoms with Crippen molar-refractivity contribution in [1.82, 2.24) is 5.32 Å². The van der Waals surface area contributed by atoms with Crippen molar-refractivity contribution in [3.05, 3.63) is 59.7 Å². The van der Waals surface area contributed by atoms with Gasteiger partial charge in [-0.1, -0.05) is 36.4 Å². The molecule has 6 heteroatoms. The lowest BCUT2D eigenvalue weighted by molar-refractivity contribution is -0.161. The van der Waals surface area contributed by atoms with Crippen molar-refractivity contribution in [2.75, 3.05) is 20.8 Å². The van der Waals surface area contributed by atoms with Gasteiger partial charge >= 0.3 is 5.97 Å². The number of aliphatic hydroxyl groups is 1. The Labute approximate surface area is 152 Å². The van der Waals surface area contributed by atoms with Gasteiger partial charge < -0.3 is 19.3 Å². The van der Waals surface area contributed by atoms with Gasteiger partial charge in [0.15, 0.2) is 11.5 Å². The number of benzene rings is 2. The van der Waals surface area contributed by atoms with Crippen LogP contribution in [0.4, 0.5) is 0 Å². The smallest absolute Gasteiger partial charge is 0.324 e. The first-order chi connectivity index (χ1) is 12.7. The van der Waals surface area contributed by atoms with E-state index in [0.717, 1.165) is 11.1 Å². The fourth-order valence-corrected chi connectivity index (χ4v) is 3.18. The maximum absolute atomic E-state index is 12.5. The first-order valence-corrected chi connectivity index (χ1v) is 8.49.